The van der Waals surface area contributed by atoms with Gasteiger partial charge in [-0.1, -0.05) is 6.92 Å². The molecule has 2 nitrogen and oxygen atoms in total. The van der Waals surface area contributed by atoms with E-state index in [1.807, 2.05) is 11.0 Å². The van der Waals surface area contributed by atoms with Crippen molar-refractivity contribution in [1.82, 2.24) is 4.90 Å². The lowest BCUT2D eigenvalue weighted by molar-refractivity contribution is 0.0788. The van der Waals surface area contributed by atoms with Gasteiger partial charge in [0.15, 0.2) is 0 Å². The molecule has 1 aromatic heterocycles. The second-order valence-corrected chi connectivity index (χ2v) is 7.63. The Morgan fingerprint density at radius 1 is 1.60 bits per heavy atom. The minimum absolute atomic E-state index is 0.146. The fourth-order valence-corrected chi connectivity index (χ4v) is 4.55. The largest absolute Gasteiger partial charge is 0.338 e. The Balaban J connectivity index is 2.17. The second kappa shape index (κ2) is 4.55. The molecule has 2 rings (SSSR count). The number of carbonyl (C=O) groups is 1. The maximum atomic E-state index is 12.1. The van der Waals surface area contributed by atoms with Crippen LogP contribution >= 0.6 is 43.2 Å². The normalized spacial score (nSPS) is 21.0. The van der Waals surface area contributed by atoms with E-state index in [1.54, 1.807) is 11.3 Å². The summed E-state index contributed by atoms with van der Waals surface area (Å²) in [5.74, 6) is 0.781. The molecule has 5 heteroatoms. The van der Waals surface area contributed by atoms with Crippen LogP contribution in [0.25, 0.3) is 0 Å². The fourth-order valence-electron chi connectivity index (χ4n) is 1.78. The number of halogens is 2. The van der Waals surface area contributed by atoms with Crippen LogP contribution in [-0.4, -0.2) is 23.9 Å². The number of nitrogens with zero attached hydrogens (tertiary/aromatic N) is 1. The molecule has 0 N–H and O–H groups in total. The molecule has 1 amide bonds. The first-order valence-electron chi connectivity index (χ1n) is 4.82. The topological polar surface area (TPSA) is 20.3 Å². The summed E-state index contributed by atoms with van der Waals surface area (Å²) in [6, 6.07) is 1.89. The van der Waals surface area contributed by atoms with Crippen molar-refractivity contribution < 1.29 is 4.79 Å². The molecule has 1 atom stereocenters. The molecular formula is C10H11Br2NOS. The lowest BCUT2D eigenvalue weighted by Crippen LogP contribution is -2.28. The third-order valence-electron chi connectivity index (χ3n) is 2.60. The lowest BCUT2D eigenvalue weighted by atomic mass is 10.2. The van der Waals surface area contributed by atoms with Crippen molar-refractivity contribution in [3.63, 3.8) is 0 Å². The van der Waals surface area contributed by atoms with E-state index < -0.39 is 0 Å². The summed E-state index contributed by atoms with van der Waals surface area (Å²) in [7, 11) is 0. The molecule has 1 aliphatic rings. The van der Waals surface area contributed by atoms with Gasteiger partial charge in [-0.25, -0.2) is 0 Å². The molecule has 0 aliphatic carbocycles. The predicted octanol–water partition coefficient (Wildman–Crippen LogP) is 3.76. The minimum atomic E-state index is 0.146. The highest BCUT2D eigenvalue weighted by molar-refractivity contribution is 9.12. The molecule has 15 heavy (non-hydrogen) atoms. The van der Waals surface area contributed by atoms with E-state index >= 15 is 0 Å². The third kappa shape index (κ3) is 2.45. The van der Waals surface area contributed by atoms with E-state index in [9.17, 15) is 4.79 Å². The standard InChI is InChI=1S/C10H11Br2NOS/c1-6-2-3-13(5-6)10(14)7-4-8(11)15-9(7)12/h4,6H,2-3,5H2,1H3. The van der Waals surface area contributed by atoms with Gasteiger partial charge in [-0.15, -0.1) is 11.3 Å². The zero-order valence-electron chi connectivity index (χ0n) is 8.30. The van der Waals surface area contributed by atoms with Crippen LogP contribution < -0.4 is 0 Å². The Labute approximate surface area is 110 Å². The molecule has 1 fully saturated rings. The molecule has 0 aromatic carbocycles. The highest BCUT2D eigenvalue weighted by Crippen LogP contribution is 2.33. The smallest absolute Gasteiger partial charge is 0.255 e. The molecule has 1 saturated heterocycles. The Morgan fingerprint density at radius 2 is 2.33 bits per heavy atom. The van der Waals surface area contributed by atoms with Crippen LogP contribution in [0.3, 0.4) is 0 Å². The van der Waals surface area contributed by atoms with E-state index in [2.05, 4.69) is 38.8 Å². The molecule has 1 aromatic rings. The van der Waals surface area contributed by atoms with E-state index in [1.165, 1.54) is 0 Å². The molecule has 2 heterocycles. The van der Waals surface area contributed by atoms with Crippen LogP contribution in [0.15, 0.2) is 13.6 Å². The molecule has 0 bridgehead atoms. The molecular weight excluding hydrogens is 342 g/mol. The maximum Gasteiger partial charge on any atom is 0.255 e. The van der Waals surface area contributed by atoms with Gasteiger partial charge in [-0.05, 0) is 50.3 Å². The van der Waals surface area contributed by atoms with Gasteiger partial charge in [0, 0.05) is 13.1 Å². The van der Waals surface area contributed by atoms with Gasteiger partial charge < -0.3 is 4.90 Å². The van der Waals surface area contributed by atoms with E-state index in [-0.39, 0.29) is 5.91 Å². The Hall–Kier alpha value is 0.130. The molecule has 1 unspecified atom stereocenters. The Kier molecular flexibility index (Phi) is 3.52. The van der Waals surface area contributed by atoms with Crippen LogP contribution in [0.1, 0.15) is 23.7 Å². The van der Waals surface area contributed by atoms with Crippen molar-refractivity contribution in [2.45, 2.75) is 13.3 Å². The van der Waals surface area contributed by atoms with Crippen LogP contribution in [0.4, 0.5) is 0 Å². The zero-order valence-corrected chi connectivity index (χ0v) is 12.3. The van der Waals surface area contributed by atoms with Crippen LogP contribution in [0, 0.1) is 5.92 Å². The Morgan fingerprint density at radius 3 is 2.80 bits per heavy atom. The number of likely N-dealkylation sites (tertiary alicyclic amines) is 1. The third-order valence-corrected chi connectivity index (χ3v) is 4.94. The summed E-state index contributed by atoms with van der Waals surface area (Å²) in [6.45, 7) is 3.96. The first kappa shape index (κ1) is 11.6. The first-order chi connectivity index (χ1) is 7.08. The van der Waals surface area contributed by atoms with Crippen molar-refractivity contribution >= 4 is 49.1 Å². The van der Waals surface area contributed by atoms with Crippen molar-refractivity contribution in [3.05, 3.63) is 19.2 Å². The maximum absolute atomic E-state index is 12.1. The molecule has 0 radical (unpaired) electrons. The van der Waals surface area contributed by atoms with Gasteiger partial charge in [-0.3, -0.25) is 4.79 Å². The van der Waals surface area contributed by atoms with Crippen molar-refractivity contribution in [1.29, 1.82) is 0 Å². The summed E-state index contributed by atoms with van der Waals surface area (Å²) in [4.78, 5) is 14.0. The predicted molar refractivity (Wildman–Crippen MR) is 69.4 cm³/mol. The van der Waals surface area contributed by atoms with Crippen LogP contribution in [0.2, 0.25) is 0 Å². The SMILES string of the molecule is CC1CCN(C(=O)c2cc(Br)sc2Br)C1. The molecule has 1 aliphatic heterocycles. The number of rotatable bonds is 1. The number of hydrogen-bond donors (Lipinski definition) is 0. The summed E-state index contributed by atoms with van der Waals surface area (Å²) in [5, 5.41) is 0. The van der Waals surface area contributed by atoms with Crippen molar-refractivity contribution in [2.75, 3.05) is 13.1 Å². The molecule has 0 spiro atoms. The van der Waals surface area contributed by atoms with Gasteiger partial charge in [0.05, 0.1) is 13.1 Å². The molecule has 0 saturated carbocycles. The molecule has 82 valence electrons. The number of carbonyl (C=O) groups excluding carboxylic acids is 1. The minimum Gasteiger partial charge on any atom is -0.338 e. The van der Waals surface area contributed by atoms with Crippen LogP contribution in [0.5, 0.6) is 0 Å². The summed E-state index contributed by atoms with van der Waals surface area (Å²) in [6.07, 6.45) is 1.12. The second-order valence-electron chi connectivity index (χ2n) is 3.88. The van der Waals surface area contributed by atoms with Crippen LogP contribution in [-0.2, 0) is 0 Å². The van der Waals surface area contributed by atoms with E-state index in [0.717, 1.165) is 32.6 Å². The summed E-state index contributed by atoms with van der Waals surface area (Å²) < 4.78 is 1.91. The van der Waals surface area contributed by atoms with E-state index in [4.69, 9.17) is 0 Å². The quantitative estimate of drug-likeness (QED) is 0.753. The Bertz CT molecular complexity index is 391. The highest BCUT2D eigenvalue weighted by atomic mass is 79.9. The average molecular weight is 353 g/mol. The average Bonchev–Trinajstić information content (AvgIpc) is 2.71. The van der Waals surface area contributed by atoms with Gasteiger partial charge in [0.1, 0.15) is 0 Å². The summed E-state index contributed by atoms with van der Waals surface area (Å²) >= 11 is 8.35. The van der Waals surface area contributed by atoms with Crippen molar-refractivity contribution in [3.8, 4) is 0 Å². The number of hydrogen-bond acceptors (Lipinski definition) is 2. The van der Waals surface area contributed by atoms with Gasteiger partial charge in [-0.2, -0.15) is 0 Å². The lowest BCUT2D eigenvalue weighted by Gasteiger charge is -2.15. The summed E-state index contributed by atoms with van der Waals surface area (Å²) in [5.41, 5.74) is 0.779. The number of amides is 1. The van der Waals surface area contributed by atoms with Gasteiger partial charge in [0.25, 0.3) is 5.91 Å². The van der Waals surface area contributed by atoms with Crippen molar-refractivity contribution in [2.24, 2.45) is 5.92 Å². The zero-order chi connectivity index (χ0) is 11.0. The first-order valence-corrected chi connectivity index (χ1v) is 7.22. The van der Waals surface area contributed by atoms with Gasteiger partial charge in [0.2, 0.25) is 0 Å². The van der Waals surface area contributed by atoms with Gasteiger partial charge >= 0.3 is 0 Å². The highest BCUT2D eigenvalue weighted by Gasteiger charge is 2.26. The number of thiophene rings is 1. The van der Waals surface area contributed by atoms with E-state index in [0.29, 0.717) is 5.92 Å². The fraction of sp³-hybridized carbons (Fsp3) is 0.500. The monoisotopic (exact) mass is 351 g/mol.